The highest BCUT2D eigenvalue weighted by Crippen LogP contribution is 2.62. The van der Waals surface area contributed by atoms with Crippen molar-refractivity contribution >= 4 is 48.9 Å². The van der Waals surface area contributed by atoms with E-state index in [-0.39, 0.29) is 11.4 Å². The molecular formula is C40H14N6S2. The predicted octanol–water partition coefficient (Wildman–Crippen LogP) is 11.1. The molecule has 0 spiro atoms. The Morgan fingerprint density at radius 3 is 1.38 bits per heavy atom. The van der Waals surface area contributed by atoms with Crippen LogP contribution < -0.4 is 0 Å². The minimum absolute atomic E-state index is 0.0205. The van der Waals surface area contributed by atoms with Gasteiger partial charge in [-0.1, -0.05) is 60.7 Å². The highest BCUT2D eigenvalue weighted by molar-refractivity contribution is 7.31. The van der Waals surface area contributed by atoms with Gasteiger partial charge in [0.25, 0.3) is 11.4 Å². The summed E-state index contributed by atoms with van der Waals surface area (Å²) in [5, 5.41) is 29.4. The molecule has 0 radical (unpaired) electrons. The molecule has 2 aliphatic carbocycles. The van der Waals surface area contributed by atoms with Gasteiger partial charge in [0.05, 0.1) is 52.9 Å². The molecule has 0 amide bonds. The first-order valence-corrected chi connectivity index (χ1v) is 16.1. The van der Waals surface area contributed by atoms with Gasteiger partial charge in [-0.25, -0.2) is 25.1 Å². The Kier molecular flexibility index (Phi) is 6.39. The summed E-state index contributed by atoms with van der Waals surface area (Å²) < 4.78 is 1.99. The molecule has 0 saturated carbocycles. The van der Waals surface area contributed by atoms with Crippen LogP contribution in [-0.2, 0) is 0 Å². The molecule has 0 unspecified atom stereocenters. The summed E-state index contributed by atoms with van der Waals surface area (Å²) in [6.45, 7) is 23.0. The normalized spacial score (nSPS) is 13.8. The highest BCUT2D eigenvalue weighted by Gasteiger charge is 2.37. The van der Waals surface area contributed by atoms with E-state index in [0.29, 0.717) is 22.4 Å². The molecule has 4 aromatic carbocycles. The minimum atomic E-state index is 0.0205. The van der Waals surface area contributed by atoms with Crippen LogP contribution in [0.1, 0.15) is 26.4 Å². The molecule has 0 fully saturated rings. The average Bonchev–Trinajstić information content (AvgIpc) is 3.85. The number of nitriles is 3. The third-order valence-corrected chi connectivity index (χ3v) is 11.3. The number of hydrogen-bond acceptors (Lipinski definition) is 5. The molecule has 48 heavy (non-hydrogen) atoms. The van der Waals surface area contributed by atoms with Crippen molar-refractivity contribution in [3.8, 4) is 62.7 Å². The molecule has 6 aromatic rings. The first-order chi connectivity index (χ1) is 23.5. The first-order valence-electron chi connectivity index (χ1n) is 14.4. The third-order valence-electron chi connectivity index (χ3n) is 8.68. The molecule has 216 valence electrons. The molecule has 0 aliphatic heterocycles. The summed E-state index contributed by atoms with van der Waals surface area (Å²) in [5.41, 5.74) is 11.5. The van der Waals surface area contributed by atoms with E-state index in [1.54, 1.807) is 24.3 Å². The summed E-state index contributed by atoms with van der Waals surface area (Å²) in [5.74, 6) is 0. The number of thiophene rings is 2. The Morgan fingerprint density at radius 1 is 0.542 bits per heavy atom. The molecule has 0 bridgehead atoms. The molecule has 2 heterocycles. The fourth-order valence-electron chi connectivity index (χ4n) is 6.53. The van der Waals surface area contributed by atoms with Crippen LogP contribution >= 0.6 is 22.7 Å². The Balaban J connectivity index is 1.36. The fourth-order valence-corrected chi connectivity index (χ4v) is 9.58. The van der Waals surface area contributed by atoms with Crippen molar-refractivity contribution in [2.24, 2.45) is 0 Å². The van der Waals surface area contributed by atoms with E-state index in [9.17, 15) is 15.8 Å². The molecule has 0 N–H and O–H groups in total. The van der Waals surface area contributed by atoms with Gasteiger partial charge in [-0.3, -0.25) is 0 Å². The number of benzene rings is 4. The largest absolute Gasteiger partial charge is 0.271 e. The summed E-state index contributed by atoms with van der Waals surface area (Å²) in [6, 6.07) is 33.2. The Hall–Kier alpha value is -7.04. The van der Waals surface area contributed by atoms with Gasteiger partial charge in [-0.2, -0.15) is 5.26 Å². The van der Waals surface area contributed by atoms with E-state index in [2.05, 4.69) is 32.7 Å². The van der Waals surface area contributed by atoms with Crippen LogP contribution in [0, 0.1) is 53.7 Å². The maximum absolute atomic E-state index is 10.1. The summed E-state index contributed by atoms with van der Waals surface area (Å²) >= 11 is 3.07. The van der Waals surface area contributed by atoms with E-state index < -0.39 is 0 Å². The number of fused-ring (bicyclic) bond motifs is 9. The van der Waals surface area contributed by atoms with Crippen LogP contribution in [-0.4, -0.2) is 0 Å². The van der Waals surface area contributed by atoms with Crippen molar-refractivity contribution in [1.29, 1.82) is 15.8 Å². The van der Waals surface area contributed by atoms with Crippen molar-refractivity contribution in [3.63, 3.8) is 0 Å². The zero-order valence-electron chi connectivity index (χ0n) is 24.6. The van der Waals surface area contributed by atoms with Crippen LogP contribution in [0.5, 0.6) is 0 Å². The van der Waals surface area contributed by atoms with Gasteiger partial charge in [-0.15, -0.1) is 22.7 Å². The maximum atomic E-state index is 10.1. The molecule has 2 aromatic heterocycles. The van der Waals surface area contributed by atoms with Crippen LogP contribution in [0.15, 0.2) is 96.3 Å². The van der Waals surface area contributed by atoms with E-state index in [1.807, 2.05) is 60.7 Å². The Morgan fingerprint density at radius 2 is 0.979 bits per heavy atom. The lowest BCUT2D eigenvalue weighted by Gasteiger charge is -2.09. The Bertz CT molecular complexity index is 2540. The molecule has 8 rings (SSSR count). The first kappa shape index (κ1) is 28.4. The zero-order valence-corrected chi connectivity index (χ0v) is 26.2. The smallest absolute Gasteiger partial charge is 0.238 e. The molecule has 0 atom stereocenters. The third kappa shape index (κ3) is 3.97. The second-order valence-electron chi connectivity index (χ2n) is 11.0. The average molecular weight is 643 g/mol. The van der Waals surface area contributed by atoms with Gasteiger partial charge in [0.15, 0.2) is 5.69 Å². The van der Waals surface area contributed by atoms with Crippen molar-refractivity contribution < 1.29 is 0 Å². The summed E-state index contributed by atoms with van der Waals surface area (Å²) in [6.07, 6.45) is 0. The SMILES string of the molecule is [C-]#[N+]/C(C#N)=C1/c2cc(-c3ccc(C#N)cc3)ccc2-c2c1sc1c3c(sc21)/C(=C(\C#N)[N+]#[C-])c1cc(-c2ccc([N+]#[C-])cc2)ccc1-3. The van der Waals surface area contributed by atoms with E-state index in [4.69, 9.17) is 19.7 Å². The number of nitrogens with zero attached hydrogens (tertiary/aromatic N) is 6. The number of hydrogen-bond donors (Lipinski definition) is 0. The molecule has 6 nitrogen and oxygen atoms in total. The molecule has 8 heteroatoms. The second-order valence-corrected chi connectivity index (χ2v) is 13.1. The van der Waals surface area contributed by atoms with Crippen molar-refractivity contribution in [2.75, 3.05) is 0 Å². The molecular weight excluding hydrogens is 629 g/mol. The zero-order chi connectivity index (χ0) is 33.1. The second kappa shape index (κ2) is 10.8. The highest BCUT2D eigenvalue weighted by atomic mass is 32.1. The molecule has 0 saturated heterocycles. The van der Waals surface area contributed by atoms with Gasteiger partial charge in [-0.05, 0) is 68.8 Å². The van der Waals surface area contributed by atoms with Crippen molar-refractivity contribution in [2.45, 2.75) is 0 Å². The van der Waals surface area contributed by atoms with Gasteiger partial charge in [0, 0.05) is 32.0 Å². The van der Waals surface area contributed by atoms with Crippen molar-refractivity contribution in [3.05, 3.63) is 157 Å². The van der Waals surface area contributed by atoms with E-state index in [0.717, 1.165) is 74.8 Å². The quantitative estimate of drug-likeness (QED) is 0.139. The summed E-state index contributed by atoms with van der Waals surface area (Å²) in [7, 11) is 0. The van der Waals surface area contributed by atoms with Crippen molar-refractivity contribution in [1.82, 2.24) is 0 Å². The van der Waals surface area contributed by atoms with Gasteiger partial charge < -0.3 is 0 Å². The lowest BCUT2D eigenvalue weighted by atomic mass is 9.96. The van der Waals surface area contributed by atoms with Gasteiger partial charge >= 0.3 is 0 Å². The van der Waals surface area contributed by atoms with E-state index >= 15 is 0 Å². The lowest BCUT2D eigenvalue weighted by molar-refractivity contribution is 1.48. The van der Waals surface area contributed by atoms with Gasteiger partial charge in [0.1, 0.15) is 0 Å². The predicted molar refractivity (Wildman–Crippen MR) is 189 cm³/mol. The monoisotopic (exact) mass is 642 g/mol. The topological polar surface area (TPSA) is 84.4 Å². The summed E-state index contributed by atoms with van der Waals surface area (Å²) in [4.78, 5) is 12.5. The maximum Gasteiger partial charge on any atom is 0.271 e. The van der Waals surface area contributed by atoms with Crippen LogP contribution in [0.25, 0.3) is 79.6 Å². The number of allylic oxidation sites excluding steroid dienone is 2. The van der Waals surface area contributed by atoms with Crippen LogP contribution in [0.2, 0.25) is 0 Å². The van der Waals surface area contributed by atoms with Crippen LogP contribution in [0.3, 0.4) is 0 Å². The molecule has 2 aliphatic rings. The standard InChI is InChI=1S/C40H14N6S2/c1-44-26-12-8-23(9-13-26)25-11-15-28-30(17-25)34(32(20-43)46-3)38-36(28)40-39(48-38)35-27-14-10-24(22-6-4-21(18-41)5-7-22)16-29(27)33(37(35)47-40)31(19-42)45-2/h4-17H/b33-31-,34-32+. The minimum Gasteiger partial charge on any atom is -0.238 e. The van der Waals surface area contributed by atoms with Gasteiger partial charge in [0.2, 0.25) is 0 Å². The Labute approximate surface area is 283 Å². The van der Waals surface area contributed by atoms with E-state index in [1.165, 1.54) is 22.7 Å². The lowest BCUT2D eigenvalue weighted by Crippen LogP contribution is -1.87. The van der Waals surface area contributed by atoms with Crippen LogP contribution in [0.4, 0.5) is 5.69 Å². The number of rotatable bonds is 2. The fraction of sp³-hybridized carbons (Fsp3) is 0.